The Morgan fingerprint density at radius 2 is 1.71 bits per heavy atom. The summed E-state index contributed by atoms with van der Waals surface area (Å²) in [5.74, 6) is 0.0424. The van der Waals surface area contributed by atoms with Crippen molar-refractivity contribution in [1.29, 1.82) is 0 Å². The Morgan fingerprint density at radius 1 is 1.00 bits per heavy atom. The number of phenolic OH excluding ortho intramolecular Hbond substituents is 1. The molecular formula is C19H23Cl2N2O+. The van der Waals surface area contributed by atoms with Gasteiger partial charge in [0.15, 0.2) is 12.4 Å². The lowest BCUT2D eigenvalue weighted by Gasteiger charge is -2.02. The SMILES string of the molecule is NCCCCCC[n+]1ccc(/C=C/c2cc(Cl)cc(Cl)c2O)cc1. The Labute approximate surface area is 153 Å². The normalized spacial score (nSPS) is 11.3. The van der Waals surface area contributed by atoms with Crippen LogP contribution in [0.5, 0.6) is 5.75 Å². The highest BCUT2D eigenvalue weighted by molar-refractivity contribution is 6.35. The summed E-state index contributed by atoms with van der Waals surface area (Å²) < 4.78 is 2.17. The second-order valence-electron chi connectivity index (χ2n) is 5.73. The van der Waals surface area contributed by atoms with Gasteiger partial charge < -0.3 is 10.8 Å². The lowest BCUT2D eigenvalue weighted by atomic mass is 10.1. The van der Waals surface area contributed by atoms with E-state index >= 15 is 0 Å². The van der Waals surface area contributed by atoms with Crippen LogP contribution in [-0.4, -0.2) is 11.7 Å². The fourth-order valence-electron chi connectivity index (χ4n) is 2.42. The standard InChI is InChI=1S/C19H22Cl2N2O/c20-17-13-16(19(24)18(21)14-17)6-5-15-7-11-23(12-8-15)10-4-2-1-3-9-22/h5-8,11-14H,1-4,9-10,22H2/p+1. The van der Waals surface area contributed by atoms with Crippen molar-refractivity contribution < 1.29 is 9.67 Å². The molecule has 0 amide bonds. The average molecular weight is 366 g/mol. The van der Waals surface area contributed by atoms with Crippen molar-refractivity contribution in [3.8, 4) is 5.75 Å². The van der Waals surface area contributed by atoms with Gasteiger partial charge in [-0.05, 0) is 37.1 Å². The van der Waals surface area contributed by atoms with Crippen molar-refractivity contribution in [3.63, 3.8) is 0 Å². The highest BCUT2D eigenvalue weighted by Crippen LogP contribution is 2.32. The number of nitrogens with two attached hydrogens (primary N) is 1. The van der Waals surface area contributed by atoms with Crippen molar-refractivity contribution in [2.24, 2.45) is 5.73 Å². The number of aromatic nitrogens is 1. The molecule has 0 radical (unpaired) electrons. The number of aryl methyl sites for hydroxylation is 1. The largest absolute Gasteiger partial charge is 0.506 e. The van der Waals surface area contributed by atoms with E-state index in [4.69, 9.17) is 28.9 Å². The zero-order valence-electron chi connectivity index (χ0n) is 13.6. The Morgan fingerprint density at radius 3 is 2.42 bits per heavy atom. The third-order valence-corrected chi connectivity index (χ3v) is 4.31. The number of nitrogens with zero attached hydrogens (tertiary/aromatic N) is 1. The molecule has 0 unspecified atom stereocenters. The van der Waals surface area contributed by atoms with Crippen LogP contribution in [0.3, 0.4) is 0 Å². The summed E-state index contributed by atoms with van der Waals surface area (Å²) in [4.78, 5) is 0. The number of phenols is 1. The molecule has 1 aromatic heterocycles. The first kappa shape index (κ1) is 18.8. The van der Waals surface area contributed by atoms with Crippen LogP contribution in [0.15, 0.2) is 36.7 Å². The van der Waals surface area contributed by atoms with Gasteiger partial charge in [-0.15, -0.1) is 0 Å². The molecule has 1 heterocycles. The highest BCUT2D eigenvalue weighted by Gasteiger charge is 2.05. The molecule has 2 aromatic rings. The molecule has 1 aromatic carbocycles. The Bertz CT molecular complexity index is 685. The lowest BCUT2D eigenvalue weighted by molar-refractivity contribution is -0.697. The first-order valence-electron chi connectivity index (χ1n) is 8.15. The third-order valence-electron chi connectivity index (χ3n) is 3.80. The number of hydrogen-bond donors (Lipinski definition) is 2. The number of benzene rings is 1. The lowest BCUT2D eigenvalue weighted by Crippen LogP contribution is -2.32. The molecule has 0 fully saturated rings. The van der Waals surface area contributed by atoms with Crippen LogP contribution in [0.25, 0.3) is 12.2 Å². The second-order valence-corrected chi connectivity index (χ2v) is 6.57. The first-order chi connectivity index (χ1) is 11.6. The van der Waals surface area contributed by atoms with Gasteiger partial charge in [0.1, 0.15) is 12.3 Å². The molecule has 0 bridgehead atoms. The predicted octanol–water partition coefficient (Wildman–Crippen LogP) is 4.68. The topological polar surface area (TPSA) is 50.1 Å². The minimum atomic E-state index is 0.0424. The van der Waals surface area contributed by atoms with E-state index in [0.717, 1.165) is 31.5 Å². The van der Waals surface area contributed by atoms with Crippen molar-refractivity contribution >= 4 is 35.4 Å². The van der Waals surface area contributed by atoms with E-state index in [1.54, 1.807) is 12.1 Å². The fourth-order valence-corrected chi connectivity index (χ4v) is 2.93. The van der Waals surface area contributed by atoms with Crippen LogP contribution in [0, 0.1) is 0 Å². The van der Waals surface area contributed by atoms with E-state index in [1.807, 2.05) is 18.2 Å². The van der Waals surface area contributed by atoms with Crippen molar-refractivity contribution in [2.45, 2.75) is 32.2 Å². The zero-order valence-corrected chi connectivity index (χ0v) is 15.1. The molecule has 0 saturated heterocycles. The molecule has 3 N–H and O–H groups in total. The highest BCUT2D eigenvalue weighted by atomic mass is 35.5. The minimum Gasteiger partial charge on any atom is -0.506 e. The van der Waals surface area contributed by atoms with Gasteiger partial charge in [-0.2, -0.15) is 0 Å². The molecule has 24 heavy (non-hydrogen) atoms. The van der Waals surface area contributed by atoms with Gasteiger partial charge in [0.25, 0.3) is 0 Å². The van der Waals surface area contributed by atoms with Gasteiger partial charge in [0, 0.05) is 29.1 Å². The van der Waals surface area contributed by atoms with E-state index in [1.165, 1.54) is 18.9 Å². The van der Waals surface area contributed by atoms with Crippen LogP contribution in [0.2, 0.25) is 10.0 Å². The van der Waals surface area contributed by atoms with Crippen LogP contribution < -0.4 is 10.3 Å². The Balaban J connectivity index is 1.94. The first-order valence-corrected chi connectivity index (χ1v) is 8.91. The van der Waals surface area contributed by atoms with E-state index in [9.17, 15) is 5.11 Å². The van der Waals surface area contributed by atoms with Crippen LogP contribution in [0.1, 0.15) is 36.8 Å². The third kappa shape index (κ3) is 5.82. The maximum atomic E-state index is 9.95. The number of unbranched alkanes of at least 4 members (excludes halogenated alkanes) is 3. The van der Waals surface area contributed by atoms with Crippen molar-refractivity contribution in [3.05, 3.63) is 57.8 Å². The molecule has 0 atom stereocenters. The molecule has 3 nitrogen and oxygen atoms in total. The summed E-state index contributed by atoms with van der Waals surface area (Å²) in [5.41, 5.74) is 7.14. The van der Waals surface area contributed by atoms with Crippen molar-refractivity contribution in [2.75, 3.05) is 6.54 Å². The van der Waals surface area contributed by atoms with E-state index in [2.05, 4.69) is 17.0 Å². The van der Waals surface area contributed by atoms with E-state index < -0.39 is 0 Å². The van der Waals surface area contributed by atoms with Gasteiger partial charge in [0.05, 0.1) is 5.02 Å². The number of halogens is 2. The minimum absolute atomic E-state index is 0.0424. The average Bonchev–Trinajstić information content (AvgIpc) is 2.57. The van der Waals surface area contributed by atoms with E-state index in [-0.39, 0.29) is 10.8 Å². The van der Waals surface area contributed by atoms with Crippen LogP contribution in [-0.2, 0) is 6.54 Å². The Hall–Kier alpha value is -1.55. The second kappa shape index (κ2) is 9.67. The van der Waals surface area contributed by atoms with E-state index in [0.29, 0.717) is 10.6 Å². The summed E-state index contributed by atoms with van der Waals surface area (Å²) in [6, 6.07) is 7.29. The van der Waals surface area contributed by atoms with Gasteiger partial charge >= 0.3 is 0 Å². The monoisotopic (exact) mass is 365 g/mol. The molecule has 0 aliphatic rings. The molecular weight excluding hydrogens is 343 g/mol. The van der Waals surface area contributed by atoms with Gasteiger partial charge in [-0.25, -0.2) is 4.57 Å². The summed E-state index contributed by atoms with van der Waals surface area (Å²) in [6.45, 7) is 1.79. The molecule has 0 aliphatic heterocycles. The van der Waals surface area contributed by atoms with Gasteiger partial charge in [-0.1, -0.05) is 41.8 Å². The van der Waals surface area contributed by atoms with Crippen LogP contribution >= 0.6 is 23.2 Å². The van der Waals surface area contributed by atoms with Gasteiger partial charge in [-0.3, -0.25) is 0 Å². The molecule has 0 spiro atoms. The molecule has 0 saturated carbocycles. The summed E-state index contributed by atoms with van der Waals surface area (Å²) >= 11 is 11.9. The number of rotatable bonds is 8. The zero-order chi connectivity index (χ0) is 17.4. The molecule has 0 aliphatic carbocycles. The number of hydrogen-bond acceptors (Lipinski definition) is 2. The summed E-state index contributed by atoms with van der Waals surface area (Å²) in [5, 5.41) is 10.7. The summed E-state index contributed by atoms with van der Waals surface area (Å²) in [6.07, 6.45) is 12.5. The van der Waals surface area contributed by atoms with Gasteiger partial charge in [0.2, 0.25) is 0 Å². The Kier molecular flexibility index (Phi) is 7.57. The number of pyridine rings is 1. The maximum Gasteiger partial charge on any atom is 0.169 e. The fraction of sp³-hybridized carbons (Fsp3) is 0.316. The van der Waals surface area contributed by atoms with Crippen LogP contribution in [0.4, 0.5) is 0 Å². The number of aromatic hydroxyl groups is 1. The molecule has 5 heteroatoms. The smallest absolute Gasteiger partial charge is 0.169 e. The predicted molar refractivity (Wildman–Crippen MR) is 101 cm³/mol. The van der Waals surface area contributed by atoms with Crippen molar-refractivity contribution in [1.82, 2.24) is 0 Å². The summed E-state index contributed by atoms with van der Waals surface area (Å²) in [7, 11) is 0. The maximum absolute atomic E-state index is 9.95. The molecule has 2 rings (SSSR count). The molecule has 128 valence electrons. The quantitative estimate of drug-likeness (QED) is 0.527.